The first-order valence-corrected chi connectivity index (χ1v) is 7.97. The Morgan fingerprint density at radius 1 is 1.45 bits per heavy atom. The van der Waals surface area contributed by atoms with Gasteiger partial charge in [0.25, 0.3) is 5.56 Å². The van der Waals surface area contributed by atoms with Gasteiger partial charge in [-0.2, -0.15) is 0 Å². The molecule has 5 nitrogen and oxygen atoms in total. The van der Waals surface area contributed by atoms with E-state index in [1.54, 1.807) is 6.92 Å². The van der Waals surface area contributed by atoms with Gasteiger partial charge in [-0.1, -0.05) is 31.0 Å². The number of amides is 1. The van der Waals surface area contributed by atoms with Gasteiger partial charge >= 0.3 is 0 Å². The van der Waals surface area contributed by atoms with Gasteiger partial charge in [0.1, 0.15) is 0 Å². The highest BCUT2D eigenvalue weighted by Gasteiger charge is 2.21. The number of aromatic nitrogens is 2. The lowest BCUT2D eigenvalue weighted by Gasteiger charge is -2.24. The number of hydrogen-bond acceptors (Lipinski definition) is 4. The van der Waals surface area contributed by atoms with Gasteiger partial charge in [0.2, 0.25) is 5.91 Å². The Morgan fingerprint density at radius 2 is 2.15 bits per heavy atom. The smallest absolute Gasteiger partial charge is 0.251 e. The van der Waals surface area contributed by atoms with Crippen LogP contribution < -0.4 is 10.9 Å². The van der Waals surface area contributed by atoms with Crippen molar-refractivity contribution in [3.05, 3.63) is 22.1 Å². The molecular formula is C14H21N3O2S. The van der Waals surface area contributed by atoms with Gasteiger partial charge < -0.3 is 10.3 Å². The van der Waals surface area contributed by atoms with E-state index in [9.17, 15) is 9.59 Å². The van der Waals surface area contributed by atoms with Gasteiger partial charge in [-0.25, -0.2) is 4.98 Å². The molecule has 0 aliphatic heterocycles. The Bertz CT molecular complexity index is 523. The van der Waals surface area contributed by atoms with Gasteiger partial charge in [0.15, 0.2) is 5.16 Å². The average molecular weight is 295 g/mol. The number of carbonyl (C=O) groups is 1. The third-order valence-electron chi connectivity index (χ3n) is 3.46. The summed E-state index contributed by atoms with van der Waals surface area (Å²) < 4.78 is 0. The van der Waals surface area contributed by atoms with Gasteiger partial charge in [-0.15, -0.1) is 0 Å². The maximum atomic E-state index is 12.1. The van der Waals surface area contributed by atoms with Crippen molar-refractivity contribution in [1.82, 2.24) is 15.3 Å². The predicted octanol–water partition coefficient (Wildman–Crippen LogP) is 2.01. The summed E-state index contributed by atoms with van der Waals surface area (Å²) >= 11 is 1.29. The van der Waals surface area contributed by atoms with Crippen LogP contribution in [0, 0.1) is 6.92 Å². The fourth-order valence-electron chi connectivity index (χ4n) is 2.39. The lowest BCUT2D eigenvalue weighted by molar-refractivity contribution is -0.121. The van der Waals surface area contributed by atoms with Gasteiger partial charge in [-0.05, 0) is 26.7 Å². The number of nitrogens with zero attached hydrogens (tertiary/aromatic N) is 1. The second kappa shape index (κ2) is 6.92. The third-order valence-corrected chi connectivity index (χ3v) is 4.44. The van der Waals surface area contributed by atoms with Gasteiger partial charge in [0.05, 0.1) is 5.25 Å². The average Bonchev–Trinajstić information content (AvgIpc) is 2.38. The van der Waals surface area contributed by atoms with Crippen LogP contribution in [0.25, 0.3) is 0 Å². The maximum Gasteiger partial charge on any atom is 0.251 e. The normalized spacial score (nSPS) is 17.7. The molecule has 0 spiro atoms. The van der Waals surface area contributed by atoms with Crippen LogP contribution in [0.5, 0.6) is 0 Å². The summed E-state index contributed by atoms with van der Waals surface area (Å²) in [6.07, 6.45) is 5.80. The number of thioether (sulfide) groups is 1. The van der Waals surface area contributed by atoms with Crippen molar-refractivity contribution in [1.29, 1.82) is 0 Å². The molecule has 6 heteroatoms. The second-order valence-corrected chi connectivity index (χ2v) is 6.63. The second-order valence-electron chi connectivity index (χ2n) is 5.30. The van der Waals surface area contributed by atoms with Crippen molar-refractivity contribution in [3.8, 4) is 0 Å². The van der Waals surface area contributed by atoms with E-state index >= 15 is 0 Å². The topological polar surface area (TPSA) is 74.8 Å². The van der Waals surface area contributed by atoms with Crippen molar-refractivity contribution in [2.45, 2.75) is 62.4 Å². The molecule has 1 aromatic rings. The molecule has 1 aliphatic rings. The molecule has 2 N–H and O–H groups in total. The zero-order chi connectivity index (χ0) is 14.5. The maximum absolute atomic E-state index is 12.1. The quantitative estimate of drug-likeness (QED) is 0.658. The van der Waals surface area contributed by atoms with Crippen LogP contribution in [-0.4, -0.2) is 27.2 Å². The first-order valence-electron chi connectivity index (χ1n) is 7.09. The summed E-state index contributed by atoms with van der Waals surface area (Å²) in [5, 5.41) is 3.33. The first kappa shape index (κ1) is 15.1. The monoisotopic (exact) mass is 295 g/mol. The number of hydrogen-bond donors (Lipinski definition) is 2. The summed E-state index contributed by atoms with van der Waals surface area (Å²) in [4.78, 5) is 30.4. The van der Waals surface area contributed by atoms with Crippen LogP contribution in [0.1, 0.15) is 44.7 Å². The molecular weight excluding hydrogens is 274 g/mol. The third kappa shape index (κ3) is 4.37. The molecule has 1 aliphatic carbocycles. The SMILES string of the molecule is Cc1cc(=O)[nH]c(S[C@@H](C)C(=O)NC2CCCCC2)n1. The Labute approximate surface area is 123 Å². The van der Waals surface area contributed by atoms with E-state index in [0.29, 0.717) is 16.9 Å². The van der Waals surface area contributed by atoms with Crippen molar-refractivity contribution in [2.24, 2.45) is 0 Å². The molecule has 1 saturated carbocycles. The van der Waals surface area contributed by atoms with Crippen molar-refractivity contribution < 1.29 is 4.79 Å². The fraction of sp³-hybridized carbons (Fsp3) is 0.643. The number of aryl methyl sites for hydroxylation is 1. The number of nitrogens with one attached hydrogen (secondary N) is 2. The Balaban J connectivity index is 1.91. The Hall–Kier alpha value is -1.30. The van der Waals surface area contributed by atoms with E-state index in [4.69, 9.17) is 0 Å². The molecule has 1 heterocycles. The summed E-state index contributed by atoms with van der Waals surface area (Å²) in [5.74, 6) is 0.0195. The zero-order valence-electron chi connectivity index (χ0n) is 11.9. The van der Waals surface area contributed by atoms with E-state index < -0.39 is 0 Å². The minimum atomic E-state index is -0.262. The number of aromatic amines is 1. The molecule has 1 amide bonds. The Kier molecular flexibility index (Phi) is 5.23. The molecule has 0 bridgehead atoms. The molecule has 2 rings (SSSR count). The number of rotatable bonds is 4. The van der Waals surface area contributed by atoms with E-state index in [-0.39, 0.29) is 16.7 Å². The molecule has 0 saturated heterocycles. The van der Waals surface area contributed by atoms with Crippen LogP contribution in [0.3, 0.4) is 0 Å². The Morgan fingerprint density at radius 3 is 2.80 bits per heavy atom. The summed E-state index contributed by atoms with van der Waals surface area (Å²) in [5.41, 5.74) is 0.482. The van der Waals surface area contributed by atoms with Crippen molar-refractivity contribution in [2.75, 3.05) is 0 Å². The largest absolute Gasteiger partial charge is 0.352 e. The van der Waals surface area contributed by atoms with Crippen molar-refractivity contribution in [3.63, 3.8) is 0 Å². The molecule has 1 atom stereocenters. The molecule has 20 heavy (non-hydrogen) atoms. The highest BCUT2D eigenvalue weighted by molar-refractivity contribution is 8.00. The van der Waals surface area contributed by atoms with Crippen molar-refractivity contribution >= 4 is 17.7 Å². The predicted molar refractivity (Wildman–Crippen MR) is 79.9 cm³/mol. The van der Waals surface area contributed by atoms with Crippen LogP contribution in [0.2, 0.25) is 0 Å². The first-order chi connectivity index (χ1) is 9.54. The number of H-pyrrole nitrogens is 1. The lowest BCUT2D eigenvalue weighted by Crippen LogP contribution is -2.40. The van der Waals surface area contributed by atoms with E-state index in [0.717, 1.165) is 12.8 Å². The van der Waals surface area contributed by atoms with Gasteiger partial charge in [0, 0.05) is 17.8 Å². The fourth-order valence-corrected chi connectivity index (χ4v) is 3.26. The highest BCUT2D eigenvalue weighted by atomic mass is 32.2. The van der Waals surface area contributed by atoms with E-state index in [1.165, 1.54) is 37.1 Å². The standard InChI is InChI=1S/C14H21N3O2S/c1-9-8-12(18)17-14(15-9)20-10(2)13(19)16-11-6-4-3-5-7-11/h8,10-11H,3-7H2,1-2H3,(H,16,19)(H,15,17,18)/t10-/m0/s1. The van der Waals surface area contributed by atoms with Crippen LogP contribution in [-0.2, 0) is 4.79 Å². The lowest BCUT2D eigenvalue weighted by atomic mass is 9.95. The summed E-state index contributed by atoms with van der Waals surface area (Å²) in [6.45, 7) is 3.61. The molecule has 110 valence electrons. The highest BCUT2D eigenvalue weighted by Crippen LogP contribution is 2.21. The summed E-state index contributed by atoms with van der Waals surface area (Å²) in [7, 11) is 0. The van der Waals surface area contributed by atoms with Gasteiger partial charge in [-0.3, -0.25) is 9.59 Å². The van der Waals surface area contributed by atoms with E-state index in [2.05, 4.69) is 15.3 Å². The number of carbonyl (C=O) groups excluding carboxylic acids is 1. The van der Waals surface area contributed by atoms with Crippen LogP contribution in [0.15, 0.2) is 16.0 Å². The molecule has 1 fully saturated rings. The minimum absolute atomic E-state index is 0.0195. The molecule has 1 aromatic heterocycles. The molecule has 0 unspecified atom stereocenters. The summed E-state index contributed by atoms with van der Waals surface area (Å²) in [6, 6.07) is 1.75. The van der Waals surface area contributed by atoms with Crippen LogP contribution in [0.4, 0.5) is 0 Å². The molecule has 0 aromatic carbocycles. The van der Waals surface area contributed by atoms with E-state index in [1.807, 2.05) is 6.92 Å². The van der Waals surface area contributed by atoms with Crippen LogP contribution >= 0.6 is 11.8 Å². The minimum Gasteiger partial charge on any atom is -0.352 e. The molecule has 0 radical (unpaired) electrons. The zero-order valence-corrected chi connectivity index (χ0v) is 12.8.